The Balaban J connectivity index is 1.79. The molecule has 5 heteroatoms. The molecule has 0 radical (unpaired) electrons. The van der Waals surface area contributed by atoms with Gasteiger partial charge in [0, 0.05) is 39.6 Å². The Labute approximate surface area is 133 Å². The van der Waals surface area contributed by atoms with Crippen molar-refractivity contribution < 1.29 is 0 Å². The third-order valence-electron chi connectivity index (χ3n) is 3.03. The van der Waals surface area contributed by atoms with Crippen LogP contribution in [-0.2, 0) is 0 Å². The third kappa shape index (κ3) is 3.29. The number of benzene rings is 2. The van der Waals surface area contributed by atoms with Gasteiger partial charge in [-0.3, -0.25) is 4.98 Å². The molecular weight excluding hydrogens is 302 g/mol. The highest BCUT2D eigenvalue weighted by atomic mass is 35.5. The number of halogens is 1. The summed E-state index contributed by atoms with van der Waals surface area (Å²) in [7, 11) is 0. The van der Waals surface area contributed by atoms with Crippen LogP contribution in [-0.4, -0.2) is 10.1 Å². The molecule has 2 aromatic carbocycles. The quantitative estimate of drug-likeness (QED) is 0.673. The van der Waals surface area contributed by atoms with Gasteiger partial charge in [-0.25, -0.2) is 0 Å². The lowest BCUT2D eigenvalue weighted by Gasteiger charge is -2.12. The molecule has 0 fully saturated rings. The number of hydrogen-bond donors (Lipinski definition) is 2. The number of fused-ring (bicyclic) bond motifs is 1. The largest absolute Gasteiger partial charge is 0.332 e. The Hall–Kier alpha value is -2.17. The van der Waals surface area contributed by atoms with Crippen molar-refractivity contribution in [3.05, 3.63) is 65.9 Å². The monoisotopic (exact) mass is 313 g/mol. The van der Waals surface area contributed by atoms with Gasteiger partial charge in [0.05, 0.1) is 0 Å². The number of nitrogens with one attached hydrogen (secondary N) is 2. The SMILES string of the molecule is S=C(Nc1ccc(Cl)cc1)Nc1cccc2cnccc12. The summed E-state index contributed by atoms with van der Waals surface area (Å²) < 4.78 is 0. The number of thiocarbonyl (C=S) groups is 1. The van der Waals surface area contributed by atoms with E-state index in [4.69, 9.17) is 23.8 Å². The number of aromatic nitrogens is 1. The summed E-state index contributed by atoms with van der Waals surface area (Å²) in [5, 5.41) is 9.70. The highest BCUT2D eigenvalue weighted by Crippen LogP contribution is 2.22. The van der Waals surface area contributed by atoms with E-state index in [-0.39, 0.29) is 0 Å². The standard InChI is InChI=1S/C16H12ClN3S/c17-12-4-6-13(7-5-12)19-16(21)20-15-3-1-2-11-10-18-9-8-14(11)15/h1-10H,(H2,19,20,21). The molecule has 0 saturated carbocycles. The summed E-state index contributed by atoms with van der Waals surface area (Å²) in [6.45, 7) is 0. The zero-order chi connectivity index (χ0) is 14.7. The average molecular weight is 314 g/mol. The molecule has 0 aliphatic carbocycles. The summed E-state index contributed by atoms with van der Waals surface area (Å²) in [5.41, 5.74) is 1.83. The van der Waals surface area contributed by atoms with Gasteiger partial charge in [0.2, 0.25) is 0 Å². The van der Waals surface area contributed by atoms with Crippen molar-refractivity contribution in [1.82, 2.24) is 4.98 Å². The van der Waals surface area contributed by atoms with E-state index in [1.54, 1.807) is 6.20 Å². The lowest BCUT2D eigenvalue weighted by atomic mass is 10.1. The molecule has 0 aliphatic rings. The van der Waals surface area contributed by atoms with Gasteiger partial charge in [-0.2, -0.15) is 0 Å². The molecule has 0 atom stereocenters. The zero-order valence-electron chi connectivity index (χ0n) is 11.0. The Morgan fingerprint density at radius 1 is 1.00 bits per heavy atom. The second kappa shape index (κ2) is 6.08. The topological polar surface area (TPSA) is 37.0 Å². The van der Waals surface area contributed by atoms with Crippen LogP contribution < -0.4 is 10.6 Å². The van der Waals surface area contributed by atoms with Gasteiger partial charge in [-0.1, -0.05) is 23.7 Å². The minimum absolute atomic E-state index is 0.529. The smallest absolute Gasteiger partial charge is 0.175 e. The molecular formula is C16H12ClN3S. The number of anilines is 2. The first-order valence-electron chi connectivity index (χ1n) is 6.39. The van der Waals surface area contributed by atoms with Gasteiger partial charge in [0.15, 0.2) is 5.11 Å². The van der Waals surface area contributed by atoms with Gasteiger partial charge >= 0.3 is 0 Å². The van der Waals surface area contributed by atoms with Crippen molar-refractivity contribution in [3.63, 3.8) is 0 Å². The molecule has 104 valence electrons. The number of rotatable bonds is 2. The molecule has 21 heavy (non-hydrogen) atoms. The fraction of sp³-hybridized carbons (Fsp3) is 0. The normalized spacial score (nSPS) is 10.3. The fourth-order valence-electron chi connectivity index (χ4n) is 2.05. The second-order valence-electron chi connectivity index (χ2n) is 4.49. The zero-order valence-corrected chi connectivity index (χ0v) is 12.6. The average Bonchev–Trinajstić information content (AvgIpc) is 2.50. The van der Waals surface area contributed by atoms with Crippen molar-refractivity contribution in [2.75, 3.05) is 10.6 Å². The van der Waals surface area contributed by atoms with Crippen molar-refractivity contribution in [2.45, 2.75) is 0 Å². The molecule has 0 amide bonds. The maximum atomic E-state index is 5.86. The molecule has 0 unspecified atom stereocenters. The van der Waals surface area contributed by atoms with Crippen LogP contribution in [0.25, 0.3) is 10.8 Å². The van der Waals surface area contributed by atoms with E-state index in [0.717, 1.165) is 22.1 Å². The Morgan fingerprint density at radius 2 is 1.81 bits per heavy atom. The number of hydrogen-bond acceptors (Lipinski definition) is 2. The maximum absolute atomic E-state index is 5.86. The molecule has 1 aromatic heterocycles. The van der Waals surface area contributed by atoms with E-state index in [9.17, 15) is 0 Å². The summed E-state index contributed by atoms with van der Waals surface area (Å²) in [4.78, 5) is 4.12. The number of pyridine rings is 1. The van der Waals surface area contributed by atoms with E-state index in [2.05, 4.69) is 15.6 Å². The van der Waals surface area contributed by atoms with Crippen LogP contribution in [0.4, 0.5) is 11.4 Å². The Bertz CT molecular complexity index is 782. The van der Waals surface area contributed by atoms with Gasteiger partial charge in [-0.15, -0.1) is 0 Å². The Kier molecular flexibility index (Phi) is 3.99. The molecule has 0 spiro atoms. The highest BCUT2D eigenvalue weighted by Gasteiger charge is 2.03. The molecule has 3 aromatic rings. The predicted molar refractivity (Wildman–Crippen MR) is 93.0 cm³/mol. The van der Waals surface area contributed by atoms with Gasteiger partial charge in [0.25, 0.3) is 0 Å². The van der Waals surface area contributed by atoms with Crippen LogP contribution in [0.1, 0.15) is 0 Å². The van der Waals surface area contributed by atoms with Gasteiger partial charge < -0.3 is 10.6 Å². The van der Waals surface area contributed by atoms with Crippen molar-refractivity contribution in [2.24, 2.45) is 0 Å². The molecule has 0 bridgehead atoms. The number of nitrogens with zero attached hydrogens (tertiary/aromatic N) is 1. The second-order valence-corrected chi connectivity index (χ2v) is 5.33. The van der Waals surface area contributed by atoms with Crippen LogP contribution in [0.2, 0.25) is 5.02 Å². The summed E-state index contributed by atoms with van der Waals surface area (Å²) in [6.07, 6.45) is 3.60. The third-order valence-corrected chi connectivity index (χ3v) is 3.49. The molecule has 0 aliphatic heterocycles. The highest BCUT2D eigenvalue weighted by molar-refractivity contribution is 7.80. The first kappa shape index (κ1) is 13.8. The van der Waals surface area contributed by atoms with Crippen LogP contribution >= 0.6 is 23.8 Å². The minimum atomic E-state index is 0.529. The lowest BCUT2D eigenvalue weighted by molar-refractivity contribution is 1.36. The van der Waals surface area contributed by atoms with E-state index >= 15 is 0 Å². The molecule has 3 nitrogen and oxygen atoms in total. The summed E-state index contributed by atoms with van der Waals surface area (Å²) >= 11 is 11.2. The first-order valence-corrected chi connectivity index (χ1v) is 7.17. The minimum Gasteiger partial charge on any atom is -0.332 e. The Morgan fingerprint density at radius 3 is 2.62 bits per heavy atom. The van der Waals surface area contributed by atoms with Crippen LogP contribution in [0, 0.1) is 0 Å². The van der Waals surface area contributed by atoms with Gasteiger partial charge in [-0.05, 0) is 48.6 Å². The molecule has 0 saturated heterocycles. The van der Waals surface area contributed by atoms with E-state index in [1.165, 1.54) is 0 Å². The predicted octanol–water partition coefficient (Wildman–Crippen LogP) is 4.70. The summed E-state index contributed by atoms with van der Waals surface area (Å²) in [5.74, 6) is 0. The van der Waals surface area contributed by atoms with Crippen molar-refractivity contribution in [1.29, 1.82) is 0 Å². The molecule has 2 N–H and O–H groups in total. The van der Waals surface area contributed by atoms with E-state index in [0.29, 0.717) is 10.1 Å². The van der Waals surface area contributed by atoms with Crippen molar-refractivity contribution >= 4 is 51.1 Å². The van der Waals surface area contributed by atoms with Crippen LogP contribution in [0.5, 0.6) is 0 Å². The molecule has 3 rings (SSSR count). The molecule has 1 heterocycles. The van der Waals surface area contributed by atoms with Crippen LogP contribution in [0.3, 0.4) is 0 Å². The lowest BCUT2D eigenvalue weighted by Crippen LogP contribution is -2.19. The maximum Gasteiger partial charge on any atom is 0.175 e. The first-order chi connectivity index (χ1) is 10.2. The van der Waals surface area contributed by atoms with E-state index < -0.39 is 0 Å². The van der Waals surface area contributed by atoms with Crippen LogP contribution in [0.15, 0.2) is 60.9 Å². The fourth-order valence-corrected chi connectivity index (χ4v) is 2.40. The summed E-state index contributed by atoms with van der Waals surface area (Å²) in [6, 6.07) is 15.3. The van der Waals surface area contributed by atoms with E-state index in [1.807, 2.05) is 54.7 Å². The van der Waals surface area contributed by atoms with Crippen molar-refractivity contribution in [3.8, 4) is 0 Å². The van der Waals surface area contributed by atoms with Gasteiger partial charge in [0.1, 0.15) is 0 Å².